The monoisotopic (exact) mass is 374 g/mol. The first-order chi connectivity index (χ1) is 12.7. The normalized spacial score (nSPS) is 11.4. The fourth-order valence-corrected chi connectivity index (χ4v) is 4.81. The first-order valence-corrected chi connectivity index (χ1v) is 9.72. The summed E-state index contributed by atoms with van der Waals surface area (Å²) >= 11 is 3.34. The number of nitrogens with two attached hydrogens (primary N) is 2. The SMILES string of the molecule is Nc1ccc2sc(-c3cccc(-c4nc5cc(N)ccc5s4)c3)nc2c1. The van der Waals surface area contributed by atoms with Crippen molar-refractivity contribution in [1.82, 2.24) is 9.97 Å². The van der Waals surface area contributed by atoms with Crippen molar-refractivity contribution in [3.05, 3.63) is 60.7 Å². The minimum atomic E-state index is 0.733. The molecule has 2 heterocycles. The number of anilines is 2. The second-order valence-corrected chi connectivity index (χ2v) is 8.13. The van der Waals surface area contributed by atoms with Crippen molar-refractivity contribution in [3.8, 4) is 21.1 Å². The predicted molar refractivity (Wildman–Crippen MR) is 112 cm³/mol. The average Bonchev–Trinajstić information content (AvgIpc) is 3.25. The maximum Gasteiger partial charge on any atom is 0.124 e. The van der Waals surface area contributed by atoms with E-state index >= 15 is 0 Å². The van der Waals surface area contributed by atoms with Gasteiger partial charge >= 0.3 is 0 Å². The Balaban J connectivity index is 1.60. The highest BCUT2D eigenvalue weighted by Crippen LogP contribution is 2.35. The van der Waals surface area contributed by atoms with Gasteiger partial charge in [-0.1, -0.05) is 18.2 Å². The van der Waals surface area contributed by atoms with Gasteiger partial charge in [0.1, 0.15) is 10.0 Å². The number of thiazole rings is 2. The van der Waals surface area contributed by atoms with Crippen LogP contribution in [0.1, 0.15) is 0 Å². The molecule has 4 nitrogen and oxygen atoms in total. The Bertz CT molecular complexity index is 1170. The maximum atomic E-state index is 5.87. The number of fused-ring (bicyclic) bond motifs is 2. The Kier molecular flexibility index (Phi) is 3.41. The summed E-state index contributed by atoms with van der Waals surface area (Å²) in [5, 5.41) is 1.97. The Labute approximate surface area is 157 Å². The molecule has 0 bridgehead atoms. The molecule has 126 valence electrons. The van der Waals surface area contributed by atoms with Gasteiger partial charge in [0, 0.05) is 22.5 Å². The number of hydrogen-bond acceptors (Lipinski definition) is 6. The summed E-state index contributed by atoms with van der Waals surface area (Å²) in [5.74, 6) is 0. The van der Waals surface area contributed by atoms with Gasteiger partial charge in [-0.05, 0) is 42.5 Å². The molecule has 0 spiro atoms. The zero-order chi connectivity index (χ0) is 17.7. The number of rotatable bonds is 2. The zero-order valence-corrected chi connectivity index (χ0v) is 15.3. The molecular weight excluding hydrogens is 360 g/mol. The molecule has 5 rings (SSSR count). The highest BCUT2D eigenvalue weighted by atomic mass is 32.1. The largest absolute Gasteiger partial charge is 0.399 e. The summed E-state index contributed by atoms with van der Waals surface area (Å²) < 4.78 is 2.27. The number of nitrogen functional groups attached to an aromatic ring is 2. The molecule has 6 heteroatoms. The molecule has 4 N–H and O–H groups in total. The van der Waals surface area contributed by atoms with Crippen LogP contribution in [0.15, 0.2) is 60.7 Å². The molecule has 0 fully saturated rings. The van der Waals surface area contributed by atoms with Gasteiger partial charge in [0.2, 0.25) is 0 Å². The highest BCUT2D eigenvalue weighted by molar-refractivity contribution is 7.22. The van der Waals surface area contributed by atoms with E-state index in [-0.39, 0.29) is 0 Å². The summed E-state index contributed by atoms with van der Waals surface area (Å²) in [6, 6.07) is 20.0. The maximum absolute atomic E-state index is 5.87. The van der Waals surface area contributed by atoms with Crippen molar-refractivity contribution in [1.29, 1.82) is 0 Å². The Morgan fingerprint density at radius 2 is 1.12 bits per heavy atom. The van der Waals surface area contributed by atoms with E-state index < -0.39 is 0 Å². The van der Waals surface area contributed by atoms with Gasteiger partial charge in [-0.15, -0.1) is 22.7 Å². The summed E-state index contributed by atoms with van der Waals surface area (Å²) in [4.78, 5) is 9.48. The topological polar surface area (TPSA) is 77.8 Å². The lowest BCUT2D eigenvalue weighted by molar-refractivity contribution is 1.45. The van der Waals surface area contributed by atoms with E-state index in [0.29, 0.717) is 0 Å². The Hall–Kier alpha value is -2.96. The van der Waals surface area contributed by atoms with Gasteiger partial charge in [-0.25, -0.2) is 9.97 Å². The molecule has 2 aromatic heterocycles. The Morgan fingerprint density at radius 3 is 1.62 bits per heavy atom. The third-order valence-electron chi connectivity index (χ3n) is 4.18. The molecule has 0 atom stereocenters. The second-order valence-electron chi connectivity index (χ2n) is 6.07. The lowest BCUT2D eigenvalue weighted by Gasteiger charge is -1.99. The molecule has 0 unspecified atom stereocenters. The average molecular weight is 374 g/mol. The van der Waals surface area contributed by atoms with E-state index in [1.54, 1.807) is 22.7 Å². The van der Waals surface area contributed by atoms with Crippen molar-refractivity contribution in [3.63, 3.8) is 0 Å². The van der Waals surface area contributed by atoms with Crippen molar-refractivity contribution in [2.75, 3.05) is 11.5 Å². The standard InChI is InChI=1S/C20H14N4S2/c21-13-4-6-17-15(9-13)23-19(25-17)11-2-1-3-12(8-11)20-24-16-10-14(22)5-7-18(16)26-20/h1-10H,21-22H2. The molecular formula is C20H14N4S2. The van der Waals surface area contributed by atoms with Crippen molar-refractivity contribution < 1.29 is 0 Å². The molecule has 0 saturated heterocycles. The summed E-state index contributed by atoms with van der Waals surface area (Å²) in [6.07, 6.45) is 0. The van der Waals surface area contributed by atoms with Gasteiger partial charge in [0.25, 0.3) is 0 Å². The molecule has 0 amide bonds. The van der Waals surface area contributed by atoms with E-state index in [1.807, 2.05) is 42.5 Å². The van der Waals surface area contributed by atoms with Crippen molar-refractivity contribution in [2.24, 2.45) is 0 Å². The van der Waals surface area contributed by atoms with E-state index in [2.05, 4.69) is 18.2 Å². The smallest absolute Gasteiger partial charge is 0.124 e. The van der Waals surface area contributed by atoms with Crippen molar-refractivity contribution >= 4 is 54.5 Å². The third kappa shape index (κ3) is 2.60. The first-order valence-electron chi connectivity index (χ1n) is 8.09. The minimum Gasteiger partial charge on any atom is -0.399 e. The van der Waals surface area contributed by atoms with Crippen LogP contribution in [0.5, 0.6) is 0 Å². The minimum absolute atomic E-state index is 0.733. The Morgan fingerprint density at radius 1 is 0.615 bits per heavy atom. The van der Waals surface area contributed by atoms with Crippen LogP contribution >= 0.6 is 22.7 Å². The molecule has 5 aromatic rings. The highest BCUT2D eigenvalue weighted by Gasteiger charge is 2.10. The van der Waals surface area contributed by atoms with Gasteiger partial charge in [-0.2, -0.15) is 0 Å². The van der Waals surface area contributed by atoms with Gasteiger partial charge in [-0.3, -0.25) is 0 Å². The van der Waals surface area contributed by atoms with E-state index in [0.717, 1.165) is 53.0 Å². The fraction of sp³-hybridized carbons (Fsp3) is 0. The first kappa shape index (κ1) is 15.3. The van der Waals surface area contributed by atoms with Crippen LogP contribution < -0.4 is 11.5 Å². The van der Waals surface area contributed by atoms with Crippen LogP contribution in [0.25, 0.3) is 41.6 Å². The molecule has 0 radical (unpaired) electrons. The zero-order valence-electron chi connectivity index (χ0n) is 13.6. The van der Waals surface area contributed by atoms with Gasteiger partial charge in [0.15, 0.2) is 0 Å². The number of aromatic nitrogens is 2. The van der Waals surface area contributed by atoms with E-state index in [4.69, 9.17) is 21.4 Å². The summed E-state index contributed by atoms with van der Waals surface area (Å²) in [7, 11) is 0. The third-order valence-corrected chi connectivity index (χ3v) is 6.35. The van der Waals surface area contributed by atoms with Crippen LogP contribution in [-0.2, 0) is 0 Å². The second kappa shape index (κ2) is 5.79. The van der Waals surface area contributed by atoms with Gasteiger partial charge in [0.05, 0.1) is 20.4 Å². The lowest BCUT2D eigenvalue weighted by atomic mass is 10.1. The van der Waals surface area contributed by atoms with Crippen LogP contribution in [0.2, 0.25) is 0 Å². The number of hydrogen-bond donors (Lipinski definition) is 2. The van der Waals surface area contributed by atoms with Crippen molar-refractivity contribution in [2.45, 2.75) is 0 Å². The van der Waals surface area contributed by atoms with Gasteiger partial charge < -0.3 is 11.5 Å². The predicted octanol–water partition coefficient (Wildman–Crippen LogP) is 5.40. The van der Waals surface area contributed by atoms with E-state index in [1.165, 1.54) is 0 Å². The lowest BCUT2D eigenvalue weighted by Crippen LogP contribution is -1.83. The van der Waals surface area contributed by atoms with Crippen LogP contribution in [0, 0.1) is 0 Å². The molecule has 0 aliphatic rings. The van der Waals surface area contributed by atoms with E-state index in [9.17, 15) is 0 Å². The molecule has 0 saturated carbocycles. The number of nitrogens with zero attached hydrogens (tertiary/aromatic N) is 2. The number of benzene rings is 3. The van der Waals surface area contributed by atoms with Crippen LogP contribution in [0.4, 0.5) is 11.4 Å². The molecule has 26 heavy (non-hydrogen) atoms. The van der Waals surface area contributed by atoms with Crippen LogP contribution in [0.3, 0.4) is 0 Å². The quantitative estimate of drug-likeness (QED) is 0.405. The van der Waals surface area contributed by atoms with Crippen LogP contribution in [-0.4, -0.2) is 9.97 Å². The molecule has 0 aliphatic carbocycles. The fourth-order valence-electron chi connectivity index (χ4n) is 2.92. The summed E-state index contributed by atoms with van der Waals surface area (Å²) in [5.41, 5.74) is 17.2. The molecule has 3 aromatic carbocycles. The summed E-state index contributed by atoms with van der Waals surface area (Å²) in [6.45, 7) is 0. The molecule has 0 aliphatic heterocycles.